The Kier molecular flexibility index (Phi) is 6.55. The molecule has 3 atom stereocenters. The van der Waals surface area contributed by atoms with Crippen LogP contribution in [-0.4, -0.2) is 40.0 Å². The lowest BCUT2D eigenvalue weighted by atomic mass is 10.0. The van der Waals surface area contributed by atoms with Gasteiger partial charge in [-0.1, -0.05) is 24.3 Å². The number of ether oxygens (including phenoxy) is 1. The van der Waals surface area contributed by atoms with Crippen molar-refractivity contribution in [1.82, 2.24) is 20.3 Å². The smallest absolute Gasteiger partial charge is 0.228 e. The molecule has 1 saturated heterocycles. The van der Waals surface area contributed by atoms with Gasteiger partial charge in [0.05, 0.1) is 11.3 Å². The van der Waals surface area contributed by atoms with Crippen molar-refractivity contribution in [3.05, 3.63) is 66.5 Å². The van der Waals surface area contributed by atoms with Gasteiger partial charge in [-0.15, -0.1) is 0 Å². The fraction of sp³-hybridized carbons (Fsp3) is 0.375. The van der Waals surface area contributed by atoms with E-state index in [0.717, 1.165) is 77.3 Å². The summed E-state index contributed by atoms with van der Waals surface area (Å²) in [6, 6.07) is 16.1. The second kappa shape index (κ2) is 10.5. The Morgan fingerprint density at radius 1 is 1.00 bits per heavy atom. The molecule has 1 unspecified atom stereocenters. The van der Waals surface area contributed by atoms with Gasteiger partial charge >= 0.3 is 0 Å². The van der Waals surface area contributed by atoms with Crippen LogP contribution in [0.1, 0.15) is 37.7 Å². The Morgan fingerprint density at radius 2 is 1.93 bits per heavy atom. The molecule has 2 aliphatic carbocycles. The molecule has 204 valence electrons. The first-order valence-electron chi connectivity index (χ1n) is 14.4. The summed E-state index contributed by atoms with van der Waals surface area (Å²) in [6.07, 6.45) is 9.30. The summed E-state index contributed by atoms with van der Waals surface area (Å²) < 4.78 is 6.56. The van der Waals surface area contributed by atoms with E-state index in [2.05, 4.69) is 32.0 Å². The molecule has 2 aromatic heterocycles. The molecule has 0 radical (unpaired) electrons. The number of aromatic nitrogens is 3. The number of pyridine rings is 1. The Balaban J connectivity index is 1.17. The number of fused-ring (bicyclic) bond motifs is 1. The second-order valence-corrected chi connectivity index (χ2v) is 11.4. The Labute approximate surface area is 234 Å². The quantitative estimate of drug-likeness (QED) is 0.257. The summed E-state index contributed by atoms with van der Waals surface area (Å²) in [4.78, 5) is 26.8. The SMILES string of the molecule is Cc1ccc2c(NC(=O)[C@H]3CC3C3CC3)cccc2c1Oc1ncccc1-c1ccnc(N[C@H]2CCCNC2)n1. The number of amides is 1. The monoisotopic (exact) mass is 534 g/mol. The third-order valence-electron chi connectivity index (χ3n) is 8.40. The minimum atomic E-state index is 0.136. The number of aryl methyl sites for hydroxylation is 1. The van der Waals surface area contributed by atoms with Gasteiger partial charge in [-0.05, 0) is 87.2 Å². The van der Waals surface area contributed by atoms with Gasteiger partial charge < -0.3 is 20.7 Å². The van der Waals surface area contributed by atoms with E-state index < -0.39 is 0 Å². The summed E-state index contributed by atoms with van der Waals surface area (Å²) >= 11 is 0. The molecule has 0 bridgehead atoms. The van der Waals surface area contributed by atoms with Crippen LogP contribution in [0, 0.1) is 24.7 Å². The number of carbonyl (C=O) groups excluding carboxylic acids is 1. The van der Waals surface area contributed by atoms with E-state index in [1.165, 1.54) is 12.8 Å². The van der Waals surface area contributed by atoms with Gasteiger partial charge in [0.25, 0.3) is 0 Å². The number of carbonyl (C=O) groups is 1. The van der Waals surface area contributed by atoms with Crippen LogP contribution < -0.4 is 20.7 Å². The van der Waals surface area contributed by atoms with Crippen molar-refractivity contribution in [2.45, 2.75) is 45.1 Å². The lowest BCUT2D eigenvalue weighted by molar-refractivity contribution is -0.117. The van der Waals surface area contributed by atoms with E-state index in [9.17, 15) is 4.79 Å². The molecule has 4 aromatic rings. The molecule has 8 heteroatoms. The number of hydrogen-bond donors (Lipinski definition) is 3. The van der Waals surface area contributed by atoms with Crippen molar-refractivity contribution in [2.24, 2.45) is 17.8 Å². The largest absolute Gasteiger partial charge is 0.437 e. The van der Waals surface area contributed by atoms with Crippen LogP contribution in [0.4, 0.5) is 11.6 Å². The molecule has 3 aliphatic rings. The summed E-state index contributed by atoms with van der Waals surface area (Å²) in [5.74, 6) is 3.43. The number of nitrogens with one attached hydrogen (secondary N) is 3. The molecule has 1 amide bonds. The molecule has 7 rings (SSSR count). The minimum absolute atomic E-state index is 0.136. The van der Waals surface area contributed by atoms with Gasteiger partial charge in [-0.3, -0.25) is 4.79 Å². The van der Waals surface area contributed by atoms with E-state index >= 15 is 0 Å². The topological polar surface area (TPSA) is 101 Å². The average Bonchev–Trinajstić information content (AvgIpc) is 3.89. The highest BCUT2D eigenvalue weighted by atomic mass is 16.5. The lowest BCUT2D eigenvalue weighted by Gasteiger charge is -2.23. The van der Waals surface area contributed by atoms with E-state index in [4.69, 9.17) is 9.72 Å². The zero-order valence-electron chi connectivity index (χ0n) is 22.7. The third-order valence-corrected chi connectivity index (χ3v) is 8.40. The average molecular weight is 535 g/mol. The number of nitrogens with zero attached hydrogens (tertiary/aromatic N) is 3. The highest BCUT2D eigenvalue weighted by Gasteiger charge is 2.51. The second-order valence-electron chi connectivity index (χ2n) is 11.4. The number of piperidine rings is 1. The first kappa shape index (κ1) is 25.0. The third kappa shape index (κ3) is 5.11. The molecule has 40 heavy (non-hydrogen) atoms. The molecule has 2 aromatic carbocycles. The molecule has 3 N–H and O–H groups in total. The number of anilines is 2. The number of benzene rings is 2. The van der Waals surface area contributed by atoms with Crippen LogP contribution in [-0.2, 0) is 4.79 Å². The maximum atomic E-state index is 13.0. The van der Waals surface area contributed by atoms with Crippen LogP contribution in [0.5, 0.6) is 11.6 Å². The fourth-order valence-electron chi connectivity index (χ4n) is 5.97. The summed E-state index contributed by atoms with van der Waals surface area (Å²) in [7, 11) is 0. The van der Waals surface area contributed by atoms with Gasteiger partial charge in [0.2, 0.25) is 17.7 Å². The van der Waals surface area contributed by atoms with Crippen LogP contribution in [0.2, 0.25) is 0 Å². The van der Waals surface area contributed by atoms with Crippen LogP contribution in [0.15, 0.2) is 60.9 Å². The van der Waals surface area contributed by atoms with E-state index in [0.29, 0.717) is 23.8 Å². The molecule has 3 fully saturated rings. The van der Waals surface area contributed by atoms with Crippen LogP contribution >= 0.6 is 0 Å². The summed E-state index contributed by atoms with van der Waals surface area (Å²) in [5.41, 5.74) is 3.33. The summed E-state index contributed by atoms with van der Waals surface area (Å²) in [6.45, 7) is 3.98. The van der Waals surface area contributed by atoms with Crippen LogP contribution in [0.3, 0.4) is 0 Å². The van der Waals surface area contributed by atoms with E-state index in [1.807, 2.05) is 49.4 Å². The van der Waals surface area contributed by atoms with Crippen molar-refractivity contribution in [1.29, 1.82) is 0 Å². The fourth-order valence-corrected chi connectivity index (χ4v) is 5.97. The van der Waals surface area contributed by atoms with Crippen molar-refractivity contribution >= 4 is 28.3 Å². The molecular weight excluding hydrogens is 500 g/mol. The molecule has 2 saturated carbocycles. The lowest BCUT2D eigenvalue weighted by Crippen LogP contribution is -2.38. The first-order chi connectivity index (χ1) is 19.6. The maximum Gasteiger partial charge on any atom is 0.228 e. The van der Waals surface area contributed by atoms with Crippen molar-refractivity contribution < 1.29 is 9.53 Å². The minimum Gasteiger partial charge on any atom is -0.437 e. The van der Waals surface area contributed by atoms with E-state index in [-0.39, 0.29) is 11.8 Å². The number of rotatable bonds is 8. The van der Waals surface area contributed by atoms with E-state index in [1.54, 1.807) is 12.4 Å². The Morgan fingerprint density at radius 3 is 2.77 bits per heavy atom. The molecule has 3 heterocycles. The molecular formula is C32H34N6O2. The molecule has 8 nitrogen and oxygen atoms in total. The maximum absolute atomic E-state index is 13.0. The first-order valence-corrected chi connectivity index (χ1v) is 14.4. The van der Waals surface area contributed by atoms with Gasteiger partial charge in [0.1, 0.15) is 5.75 Å². The van der Waals surface area contributed by atoms with Crippen molar-refractivity contribution in [3.63, 3.8) is 0 Å². The highest BCUT2D eigenvalue weighted by Crippen LogP contribution is 2.54. The number of hydrogen-bond acceptors (Lipinski definition) is 7. The predicted molar refractivity (Wildman–Crippen MR) is 156 cm³/mol. The highest BCUT2D eigenvalue weighted by molar-refractivity contribution is 6.05. The Bertz CT molecular complexity index is 1560. The van der Waals surface area contributed by atoms with Crippen molar-refractivity contribution in [3.8, 4) is 22.9 Å². The molecule has 1 aliphatic heterocycles. The van der Waals surface area contributed by atoms with Gasteiger partial charge in [-0.25, -0.2) is 15.0 Å². The summed E-state index contributed by atoms with van der Waals surface area (Å²) in [5, 5.41) is 12.0. The normalized spacial score (nSPS) is 22.1. The van der Waals surface area contributed by atoms with Crippen molar-refractivity contribution in [2.75, 3.05) is 23.7 Å². The zero-order chi connectivity index (χ0) is 27.1. The zero-order valence-corrected chi connectivity index (χ0v) is 22.7. The van der Waals surface area contributed by atoms with Crippen LogP contribution in [0.25, 0.3) is 22.0 Å². The Hall–Kier alpha value is -4.04. The predicted octanol–water partition coefficient (Wildman–Crippen LogP) is 5.94. The standard InChI is InChI=1S/C32H34N6O2/c1-19-9-12-22-23(6-2-8-27(22)37-30(39)26-17-25(26)20-10-11-20)29(19)40-31-24(7-4-15-34-31)28-13-16-35-32(38-28)36-21-5-3-14-33-18-21/h2,4,6-9,12-13,15-16,20-21,25-26,33H,3,5,10-11,14,17-18H2,1H3,(H,37,39)(H,35,36,38)/t21-,25?,26-/m0/s1. The van der Waals surface area contributed by atoms with Gasteiger partial charge in [0.15, 0.2) is 0 Å². The van der Waals surface area contributed by atoms with Gasteiger partial charge in [-0.2, -0.15) is 0 Å². The molecule has 0 spiro atoms. The van der Waals surface area contributed by atoms with Gasteiger partial charge in [0, 0.05) is 47.4 Å².